The highest BCUT2D eigenvalue weighted by atomic mass is 19.1. The number of anilines is 1. The third kappa shape index (κ3) is 5.35. The van der Waals surface area contributed by atoms with Gasteiger partial charge in [-0.05, 0) is 61.7 Å². The number of aromatic nitrogens is 6. The van der Waals surface area contributed by atoms with Crippen LogP contribution in [-0.4, -0.2) is 41.8 Å². The van der Waals surface area contributed by atoms with Crippen molar-refractivity contribution in [3.05, 3.63) is 66.5 Å². The summed E-state index contributed by atoms with van der Waals surface area (Å²) >= 11 is 0. The highest BCUT2D eigenvalue weighted by Crippen LogP contribution is 2.23. The number of benzene rings is 2. The van der Waals surface area contributed by atoms with Crippen LogP contribution in [0.3, 0.4) is 0 Å². The third-order valence-electron chi connectivity index (χ3n) is 6.08. The van der Waals surface area contributed by atoms with Crippen molar-refractivity contribution in [1.29, 1.82) is 0 Å². The van der Waals surface area contributed by atoms with Crippen molar-refractivity contribution < 1.29 is 13.9 Å². The number of unbranched alkanes of at least 4 members (excludes halogenated alkanes) is 1. The Morgan fingerprint density at radius 2 is 1.86 bits per heavy atom. The van der Waals surface area contributed by atoms with Gasteiger partial charge in [-0.1, -0.05) is 6.07 Å². The van der Waals surface area contributed by atoms with Gasteiger partial charge in [0, 0.05) is 25.2 Å². The molecule has 37 heavy (non-hydrogen) atoms. The lowest BCUT2D eigenvalue weighted by molar-refractivity contribution is 0.143. The number of hydrogen-bond acceptors (Lipinski definition) is 7. The minimum atomic E-state index is -0.457. The molecule has 1 amide bonds. The van der Waals surface area contributed by atoms with Crippen molar-refractivity contribution >= 4 is 34.1 Å². The Balaban J connectivity index is 1.11. The number of nitrogens with zero attached hydrogens (tertiary/aromatic N) is 6. The summed E-state index contributed by atoms with van der Waals surface area (Å²) in [6.45, 7) is 4.18. The van der Waals surface area contributed by atoms with Crippen LogP contribution in [0.4, 0.5) is 15.0 Å². The van der Waals surface area contributed by atoms with Crippen LogP contribution in [0.2, 0.25) is 0 Å². The van der Waals surface area contributed by atoms with Crippen molar-refractivity contribution in [2.24, 2.45) is 0 Å². The molecule has 3 aromatic heterocycles. The van der Waals surface area contributed by atoms with Crippen LogP contribution in [-0.2, 0) is 24.4 Å². The molecule has 190 valence electrons. The fraction of sp³-hybridized carbons (Fsp3) is 0.269. The molecule has 0 aliphatic heterocycles. The van der Waals surface area contributed by atoms with Gasteiger partial charge in [-0.15, -0.1) is 0 Å². The summed E-state index contributed by atoms with van der Waals surface area (Å²) in [5, 5.41) is 2.79. The lowest BCUT2D eigenvalue weighted by Crippen LogP contribution is -2.24. The van der Waals surface area contributed by atoms with Gasteiger partial charge in [0.1, 0.15) is 11.3 Å². The topological polar surface area (TPSA) is 126 Å². The molecule has 0 unspecified atom stereocenters. The summed E-state index contributed by atoms with van der Waals surface area (Å²) in [5.74, 6) is 0.340. The number of nitrogens with one attached hydrogen (secondary N) is 1. The van der Waals surface area contributed by atoms with E-state index in [4.69, 9.17) is 10.5 Å². The van der Waals surface area contributed by atoms with Crippen LogP contribution in [0.15, 0.2) is 55.1 Å². The molecule has 11 heteroatoms. The molecule has 0 atom stereocenters. The number of rotatable bonds is 9. The number of imidazole rings is 2. The summed E-state index contributed by atoms with van der Waals surface area (Å²) in [5.41, 5.74) is 10.8. The fourth-order valence-corrected chi connectivity index (χ4v) is 4.10. The molecule has 3 N–H and O–H groups in total. The number of hydrogen-bond donors (Lipinski definition) is 2. The smallest absolute Gasteiger partial charge is 0.407 e. The van der Waals surface area contributed by atoms with Gasteiger partial charge in [0.25, 0.3) is 0 Å². The highest BCUT2D eigenvalue weighted by molar-refractivity contribution is 5.83. The van der Waals surface area contributed by atoms with Gasteiger partial charge in [-0.25, -0.2) is 29.1 Å². The number of amides is 1. The summed E-state index contributed by atoms with van der Waals surface area (Å²) < 4.78 is 22.5. The van der Waals surface area contributed by atoms with Gasteiger partial charge >= 0.3 is 6.09 Å². The SMILES string of the molecule is CCn1cnc2ccc(CNC(=O)OCCCCn3cnc4c(N)nc(-c5ccc(F)cc5)nc43)cc21. The number of alkyl carbamates (subject to hydrolysis) is 1. The van der Waals surface area contributed by atoms with Crippen LogP contribution in [0, 0.1) is 5.82 Å². The van der Waals surface area contributed by atoms with Crippen LogP contribution in [0.1, 0.15) is 25.3 Å². The number of ether oxygens (including phenoxy) is 1. The minimum Gasteiger partial charge on any atom is -0.450 e. The van der Waals surface area contributed by atoms with E-state index in [0.29, 0.717) is 42.1 Å². The molecule has 0 fully saturated rings. The van der Waals surface area contributed by atoms with E-state index in [1.54, 1.807) is 18.5 Å². The van der Waals surface area contributed by atoms with Gasteiger partial charge in [-0.3, -0.25) is 0 Å². The number of carbonyl (C=O) groups is 1. The monoisotopic (exact) mass is 502 g/mol. The zero-order chi connectivity index (χ0) is 25.8. The maximum absolute atomic E-state index is 13.3. The Morgan fingerprint density at radius 1 is 1.05 bits per heavy atom. The van der Waals surface area contributed by atoms with E-state index in [1.807, 2.05) is 29.1 Å². The fourth-order valence-electron chi connectivity index (χ4n) is 4.10. The Morgan fingerprint density at radius 3 is 2.68 bits per heavy atom. The Bertz CT molecular complexity index is 1540. The van der Waals surface area contributed by atoms with E-state index >= 15 is 0 Å². The van der Waals surface area contributed by atoms with Crippen molar-refractivity contribution in [2.75, 3.05) is 12.3 Å². The van der Waals surface area contributed by atoms with E-state index in [-0.39, 0.29) is 18.2 Å². The van der Waals surface area contributed by atoms with E-state index in [2.05, 4.69) is 36.7 Å². The molecule has 0 radical (unpaired) electrons. The summed E-state index contributed by atoms with van der Waals surface area (Å²) in [7, 11) is 0. The van der Waals surface area contributed by atoms with Crippen LogP contribution >= 0.6 is 0 Å². The van der Waals surface area contributed by atoms with Gasteiger partial charge in [0.05, 0.1) is 30.3 Å². The molecule has 0 bridgehead atoms. The van der Waals surface area contributed by atoms with Gasteiger partial charge in [-0.2, -0.15) is 0 Å². The Hall–Kier alpha value is -4.54. The Kier molecular flexibility index (Phi) is 6.93. The van der Waals surface area contributed by atoms with Crippen molar-refractivity contribution in [1.82, 2.24) is 34.4 Å². The maximum Gasteiger partial charge on any atom is 0.407 e. The largest absolute Gasteiger partial charge is 0.450 e. The molecule has 0 spiro atoms. The second kappa shape index (κ2) is 10.6. The second-order valence-corrected chi connectivity index (χ2v) is 8.60. The van der Waals surface area contributed by atoms with E-state index in [0.717, 1.165) is 29.6 Å². The number of carbonyl (C=O) groups excluding carboxylic acids is 1. The predicted molar refractivity (Wildman–Crippen MR) is 138 cm³/mol. The lowest BCUT2D eigenvalue weighted by atomic mass is 10.2. The standard InChI is InChI=1S/C26H27FN8O2/c1-2-34-15-30-20-10-5-17(13-21(20)34)14-29-26(36)37-12-4-3-11-35-16-31-22-23(28)32-24(33-25(22)35)18-6-8-19(27)9-7-18/h5-10,13,15-16H,2-4,11-12,14H2,1H3,(H,29,36)(H2,28,32,33). The first-order chi connectivity index (χ1) is 18.0. The molecule has 5 aromatic rings. The molecule has 3 heterocycles. The molecule has 0 aliphatic carbocycles. The number of fused-ring (bicyclic) bond motifs is 2. The third-order valence-corrected chi connectivity index (χ3v) is 6.08. The highest BCUT2D eigenvalue weighted by Gasteiger charge is 2.13. The second-order valence-electron chi connectivity index (χ2n) is 8.60. The quantitative estimate of drug-likeness (QED) is 0.288. The van der Waals surface area contributed by atoms with Crippen LogP contribution in [0.25, 0.3) is 33.6 Å². The molecular formula is C26H27FN8O2. The molecule has 10 nitrogen and oxygen atoms in total. The molecule has 2 aromatic carbocycles. The Labute approximate surface area is 212 Å². The summed E-state index contributed by atoms with van der Waals surface area (Å²) in [4.78, 5) is 29.7. The zero-order valence-corrected chi connectivity index (χ0v) is 20.4. The van der Waals surface area contributed by atoms with E-state index < -0.39 is 6.09 Å². The van der Waals surface area contributed by atoms with Crippen molar-refractivity contribution in [3.8, 4) is 11.4 Å². The first-order valence-electron chi connectivity index (χ1n) is 12.1. The number of nitrogens with two attached hydrogens (primary N) is 1. The number of nitrogen functional groups attached to an aromatic ring is 1. The summed E-state index contributed by atoms with van der Waals surface area (Å²) in [6, 6.07) is 11.8. The molecule has 0 aliphatic rings. The summed E-state index contributed by atoms with van der Waals surface area (Å²) in [6.07, 6.45) is 4.43. The van der Waals surface area contributed by atoms with E-state index in [1.165, 1.54) is 12.1 Å². The average Bonchev–Trinajstić information content (AvgIpc) is 3.51. The van der Waals surface area contributed by atoms with Gasteiger partial charge < -0.3 is 24.9 Å². The molecule has 0 saturated carbocycles. The van der Waals surface area contributed by atoms with Crippen LogP contribution in [0.5, 0.6) is 0 Å². The van der Waals surface area contributed by atoms with Crippen LogP contribution < -0.4 is 11.1 Å². The number of halogens is 1. The molecule has 0 saturated heterocycles. The number of aryl methyl sites for hydroxylation is 2. The van der Waals surface area contributed by atoms with Gasteiger partial charge in [0.15, 0.2) is 17.3 Å². The lowest BCUT2D eigenvalue weighted by Gasteiger charge is -2.09. The van der Waals surface area contributed by atoms with E-state index in [9.17, 15) is 9.18 Å². The first-order valence-corrected chi connectivity index (χ1v) is 12.1. The molecular weight excluding hydrogens is 475 g/mol. The van der Waals surface area contributed by atoms with Crippen molar-refractivity contribution in [3.63, 3.8) is 0 Å². The average molecular weight is 503 g/mol. The normalized spacial score (nSPS) is 11.3. The minimum absolute atomic E-state index is 0.265. The van der Waals surface area contributed by atoms with Crippen molar-refractivity contribution in [2.45, 2.75) is 39.4 Å². The molecule has 5 rings (SSSR count). The van der Waals surface area contributed by atoms with Gasteiger partial charge in [0.2, 0.25) is 0 Å². The predicted octanol–water partition coefficient (Wildman–Crippen LogP) is 4.29. The maximum atomic E-state index is 13.3. The first kappa shape index (κ1) is 24.2. The zero-order valence-electron chi connectivity index (χ0n) is 20.4.